The first-order chi connectivity index (χ1) is 10.3. The van der Waals surface area contributed by atoms with Crippen LogP contribution < -0.4 is 10.7 Å². The molecule has 122 valence electrons. The standard InChI is InChI=1S/C15H20Br3N3O/c1-9(2)4-5-10(3)20-21-14(22)8-19-15-12(17)6-11(16)7-13(15)18/h6-7,9,19H,4-5,8H2,1-3H3,(H,21,22). The third-order valence-electron chi connectivity index (χ3n) is 2.89. The second-order valence-electron chi connectivity index (χ2n) is 5.41. The number of hydrogen-bond acceptors (Lipinski definition) is 3. The number of hydrogen-bond donors (Lipinski definition) is 2. The van der Waals surface area contributed by atoms with Gasteiger partial charge in [-0.25, -0.2) is 5.43 Å². The zero-order valence-electron chi connectivity index (χ0n) is 12.8. The highest BCUT2D eigenvalue weighted by atomic mass is 79.9. The molecular formula is C15H20Br3N3O. The van der Waals surface area contributed by atoms with Gasteiger partial charge in [0.05, 0.1) is 12.2 Å². The molecule has 0 aliphatic heterocycles. The largest absolute Gasteiger partial charge is 0.374 e. The minimum atomic E-state index is -0.175. The number of carbonyl (C=O) groups is 1. The van der Waals surface area contributed by atoms with E-state index in [1.807, 2.05) is 19.1 Å². The molecule has 22 heavy (non-hydrogen) atoms. The van der Waals surface area contributed by atoms with Crippen LogP contribution in [0.3, 0.4) is 0 Å². The first kappa shape index (κ1) is 19.6. The van der Waals surface area contributed by atoms with Gasteiger partial charge in [-0.3, -0.25) is 4.79 Å². The van der Waals surface area contributed by atoms with Crippen LogP contribution in [0.2, 0.25) is 0 Å². The smallest absolute Gasteiger partial charge is 0.259 e. The summed E-state index contributed by atoms with van der Waals surface area (Å²) < 4.78 is 2.70. The SMILES string of the molecule is CC(CCC(C)C)=NNC(=O)CNc1c(Br)cc(Br)cc1Br. The van der Waals surface area contributed by atoms with Crippen molar-refractivity contribution < 1.29 is 4.79 Å². The van der Waals surface area contributed by atoms with Crippen LogP contribution in [-0.4, -0.2) is 18.2 Å². The Balaban J connectivity index is 2.48. The van der Waals surface area contributed by atoms with Gasteiger partial charge in [-0.1, -0.05) is 29.8 Å². The van der Waals surface area contributed by atoms with Crippen molar-refractivity contribution in [2.24, 2.45) is 11.0 Å². The predicted octanol–water partition coefficient (Wildman–Crippen LogP) is 5.31. The van der Waals surface area contributed by atoms with Crippen molar-refractivity contribution in [3.8, 4) is 0 Å². The highest BCUT2D eigenvalue weighted by molar-refractivity contribution is 9.11. The fourth-order valence-electron chi connectivity index (χ4n) is 1.63. The Hall–Kier alpha value is -0.400. The van der Waals surface area contributed by atoms with Gasteiger partial charge < -0.3 is 5.32 Å². The van der Waals surface area contributed by atoms with Gasteiger partial charge in [0.25, 0.3) is 5.91 Å². The van der Waals surface area contributed by atoms with Crippen LogP contribution in [0.25, 0.3) is 0 Å². The van der Waals surface area contributed by atoms with Crippen molar-refractivity contribution >= 4 is 65.1 Å². The average molecular weight is 498 g/mol. The Bertz CT molecular complexity index is 536. The van der Waals surface area contributed by atoms with Crippen molar-refractivity contribution in [2.45, 2.75) is 33.6 Å². The first-order valence-electron chi connectivity index (χ1n) is 7.00. The second kappa shape index (κ2) is 9.67. The van der Waals surface area contributed by atoms with Crippen LogP contribution in [0.15, 0.2) is 30.7 Å². The van der Waals surface area contributed by atoms with Crippen LogP contribution in [0.4, 0.5) is 5.69 Å². The highest BCUT2D eigenvalue weighted by Crippen LogP contribution is 2.34. The molecular weight excluding hydrogens is 478 g/mol. The number of nitrogens with zero attached hydrogens (tertiary/aromatic N) is 1. The lowest BCUT2D eigenvalue weighted by atomic mass is 10.1. The van der Waals surface area contributed by atoms with Gasteiger partial charge in [0, 0.05) is 19.1 Å². The average Bonchev–Trinajstić information content (AvgIpc) is 2.41. The molecule has 0 unspecified atom stereocenters. The van der Waals surface area contributed by atoms with E-state index in [1.165, 1.54) is 0 Å². The lowest BCUT2D eigenvalue weighted by molar-refractivity contribution is -0.119. The number of anilines is 1. The first-order valence-corrected chi connectivity index (χ1v) is 9.38. The number of rotatable bonds is 7. The Kier molecular flexibility index (Phi) is 8.64. The molecule has 1 amide bonds. The Labute approximate surface area is 156 Å². The molecule has 0 bridgehead atoms. The number of amides is 1. The van der Waals surface area contributed by atoms with Gasteiger partial charge in [0.2, 0.25) is 0 Å². The molecule has 0 aliphatic carbocycles. The normalized spacial score (nSPS) is 11.7. The molecule has 1 aromatic rings. The zero-order valence-corrected chi connectivity index (χ0v) is 17.6. The summed E-state index contributed by atoms with van der Waals surface area (Å²) in [5, 5.41) is 7.20. The van der Waals surface area contributed by atoms with E-state index in [4.69, 9.17) is 0 Å². The molecule has 0 saturated heterocycles. The summed E-state index contributed by atoms with van der Waals surface area (Å²) in [5.41, 5.74) is 4.34. The van der Waals surface area contributed by atoms with Crippen LogP contribution in [0, 0.1) is 5.92 Å². The summed E-state index contributed by atoms with van der Waals surface area (Å²) in [4.78, 5) is 11.8. The maximum absolute atomic E-state index is 11.8. The van der Waals surface area contributed by atoms with Gasteiger partial charge >= 0.3 is 0 Å². The summed E-state index contributed by atoms with van der Waals surface area (Å²) in [6.45, 7) is 6.42. The summed E-state index contributed by atoms with van der Waals surface area (Å²) in [5.74, 6) is 0.459. The molecule has 4 nitrogen and oxygen atoms in total. The molecule has 0 atom stereocenters. The van der Waals surface area contributed by atoms with Crippen LogP contribution >= 0.6 is 47.8 Å². The third-order valence-corrected chi connectivity index (χ3v) is 4.60. The third kappa shape index (κ3) is 7.24. The highest BCUT2D eigenvalue weighted by Gasteiger charge is 2.08. The quantitative estimate of drug-likeness (QED) is 0.396. The maximum atomic E-state index is 11.8. The number of benzene rings is 1. The minimum Gasteiger partial charge on any atom is -0.374 e. The molecule has 1 aromatic carbocycles. The molecule has 0 spiro atoms. The Morgan fingerprint density at radius 1 is 1.23 bits per heavy atom. The number of carbonyl (C=O) groups excluding carboxylic acids is 1. The molecule has 2 N–H and O–H groups in total. The number of nitrogens with one attached hydrogen (secondary N) is 2. The van der Waals surface area contributed by atoms with E-state index in [2.05, 4.69) is 77.5 Å². The van der Waals surface area contributed by atoms with E-state index in [9.17, 15) is 4.79 Å². The Morgan fingerprint density at radius 2 is 1.82 bits per heavy atom. The maximum Gasteiger partial charge on any atom is 0.259 e. The van der Waals surface area contributed by atoms with E-state index in [0.717, 1.165) is 37.7 Å². The second-order valence-corrected chi connectivity index (χ2v) is 8.04. The van der Waals surface area contributed by atoms with Crippen LogP contribution in [0.1, 0.15) is 33.6 Å². The lowest BCUT2D eigenvalue weighted by Gasteiger charge is -2.11. The fraction of sp³-hybridized carbons (Fsp3) is 0.467. The molecule has 0 radical (unpaired) electrons. The van der Waals surface area contributed by atoms with Crippen molar-refractivity contribution in [1.29, 1.82) is 0 Å². The van der Waals surface area contributed by atoms with Gasteiger partial charge in [-0.2, -0.15) is 5.10 Å². The summed E-state index contributed by atoms with van der Waals surface area (Å²) >= 11 is 10.3. The topological polar surface area (TPSA) is 53.5 Å². The van der Waals surface area contributed by atoms with Gasteiger partial charge in [0.15, 0.2) is 0 Å². The zero-order chi connectivity index (χ0) is 16.7. The number of halogens is 3. The number of hydrazone groups is 1. The summed E-state index contributed by atoms with van der Waals surface area (Å²) in [6.07, 6.45) is 1.97. The molecule has 0 aliphatic rings. The van der Waals surface area contributed by atoms with Crippen molar-refractivity contribution in [3.05, 3.63) is 25.6 Å². The lowest BCUT2D eigenvalue weighted by Crippen LogP contribution is -2.26. The van der Waals surface area contributed by atoms with Gasteiger partial charge in [0.1, 0.15) is 0 Å². The van der Waals surface area contributed by atoms with E-state index in [1.54, 1.807) is 0 Å². The fourth-order valence-corrected chi connectivity index (χ4v) is 4.17. The Morgan fingerprint density at radius 3 is 2.36 bits per heavy atom. The van der Waals surface area contributed by atoms with E-state index in [0.29, 0.717) is 5.92 Å². The van der Waals surface area contributed by atoms with Crippen LogP contribution in [0.5, 0.6) is 0 Å². The van der Waals surface area contributed by atoms with Crippen molar-refractivity contribution in [1.82, 2.24) is 5.43 Å². The molecule has 0 saturated carbocycles. The minimum absolute atomic E-state index is 0.153. The van der Waals surface area contributed by atoms with E-state index >= 15 is 0 Å². The molecule has 0 heterocycles. The summed E-state index contributed by atoms with van der Waals surface area (Å²) in [7, 11) is 0. The monoisotopic (exact) mass is 495 g/mol. The van der Waals surface area contributed by atoms with E-state index in [-0.39, 0.29) is 12.5 Å². The predicted molar refractivity (Wildman–Crippen MR) is 103 cm³/mol. The molecule has 0 fully saturated rings. The van der Waals surface area contributed by atoms with Crippen molar-refractivity contribution in [2.75, 3.05) is 11.9 Å². The van der Waals surface area contributed by atoms with Gasteiger partial charge in [-0.15, -0.1) is 0 Å². The summed E-state index contributed by atoms with van der Waals surface area (Å²) in [6, 6.07) is 3.83. The molecule has 7 heteroatoms. The van der Waals surface area contributed by atoms with Crippen molar-refractivity contribution in [3.63, 3.8) is 0 Å². The van der Waals surface area contributed by atoms with Gasteiger partial charge in [-0.05, 0) is 69.7 Å². The molecule has 0 aromatic heterocycles. The molecule has 1 rings (SSSR count). The van der Waals surface area contributed by atoms with Crippen LogP contribution in [-0.2, 0) is 4.79 Å². The van der Waals surface area contributed by atoms with E-state index < -0.39 is 0 Å².